The van der Waals surface area contributed by atoms with Gasteiger partial charge in [0.1, 0.15) is 12.4 Å². The maximum absolute atomic E-state index is 13.7. The Morgan fingerprint density at radius 2 is 1.92 bits per heavy atom. The molecule has 1 unspecified atom stereocenters. The van der Waals surface area contributed by atoms with Crippen LogP contribution >= 0.6 is 68.1 Å². The Morgan fingerprint density at radius 1 is 1.25 bits per heavy atom. The van der Waals surface area contributed by atoms with Gasteiger partial charge in [0.15, 0.2) is 4.80 Å². The maximum Gasteiger partial charge on any atom is 0.338 e. The van der Waals surface area contributed by atoms with Crippen LogP contribution in [0.2, 0.25) is 5.02 Å². The first-order chi connectivity index (χ1) is 17.2. The number of ether oxygens (including phenoxy) is 2. The lowest BCUT2D eigenvalue weighted by Crippen LogP contribution is -2.39. The minimum Gasteiger partial charge on any atom is -0.487 e. The summed E-state index contributed by atoms with van der Waals surface area (Å²) in [5, 5.41) is 0.564. The zero-order valence-corrected chi connectivity index (χ0v) is 25.3. The first-order valence-electron chi connectivity index (χ1n) is 10.9. The second kappa shape index (κ2) is 11.6. The molecule has 0 spiro atoms. The van der Waals surface area contributed by atoms with Gasteiger partial charge in [0, 0.05) is 5.02 Å². The molecule has 0 bridgehead atoms. The predicted molar refractivity (Wildman–Crippen MR) is 159 cm³/mol. The van der Waals surface area contributed by atoms with Crippen LogP contribution in [-0.4, -0.2) is 23.8 Å². The van der Waals surface area contributed by atoms with Crippen LogP contribution in [0, 0.1) is 7.14 Å². The molecule has 1 atom stereocenters. The van der Waals surface area contributed by atoms with E-state index in [0.29, 0.717) is 32.2 Å². The number of thiazole rings is 1. The Morgan fingerprint density at radius 3 is 2.53 bits per heavy atom. The molecule has 186 valence electrons. The number of aromatic nitrogens is 1. The molecule has 0 N–H and O–H groups in total. The summed E-state index contributed by atoms with van der Waals surface area (Å²) in [5.41, 5.74) is 2.24. The number of hydrogen-bond acceptors (Lipinski definition) is 6. The Kier molecular flexibility index (Phi) is 8.74. The SMILES string of the molecule is C=CCOc1c(I)cc(/C=c2\sc3n(c2=O)C(c2ccc(Cl)cc2)C(C(=O)OCC)=C(C)N=3)cc1I. The fourth-order valence-corrected chi connectivity index (χ4v) is 7.15. The van der Waals surface area contributed by atoms with E-state index in [1.165, 1.54) is 11.3 Å². The third-order valence-electron chi connectivity index (χ3n) is 5.37. The Balaban J connectivity index is 1.89. The summed E-state index contributed by atoms with van der Waals surface area (Å²) in [5.74, 6) is 0.291. The quantitative estimate of drug-likeness (QED) is 0.189. The molecule has 1 aromatic heterocycles. The molecule has 4 rings (SSSR count). The molecule has 0 amide bonds. The van der Waals surface area contributed by atoms with Crippen molar-refractivity contribution in [1.82, 2.24) is 4.57 Å². The van der Waals surface area contributed by atoms with Crippen molar-refractivity contribution in [3.05, 3.63) is 103 Å². The van der Waals surface area contributed by atoms with Crippen LogP contribution in [0.15, 0.2) is 70.1 Å². The van der Waals surface area contributed by atoms with E-state index in [4.69, 9.17) is 21.1 Å². The summed E-state index contributed by atoms with van der Waals surface area (Å²) in [6, 6.07) is 10.4. The van der Waals surface area contributed by atoms with Gasteiger partial charge in [0.05, 0.1) is 35.6 Å². The molecule has 3 aromatic rings. The van der Waals surface area contributed by atoms with Crippen molar-refractivity contribution in [2.24, 2.45) is 4.99 Å². The van der Waals surface area contributed by atoms with E-state index >= 15 is 0 Å². The third-order valence-corrected chi connectivity index (χ3v) is 8.20. The smallest absolute Gasteiger partial charge is 0.338 e. The highest BCUT2D eigenvalue weighted by Crippen LogP contribution is 2.32. The standard InChI is InChI=1S/C26H21ClI2N2O4S/c1-4-10-35-23-18(28)11-15(12-19(23)29)13-20-24(32)31-22(16-6-8-17(27)9-7-16)21(25(33)34-5-2)14(3)30-26(31)36-20/h4,6-9,11-13,22H,1,5,10H2,2-3H3/b20-13-. The van der Waals surface area contributed by atoms with Crippen molar-refractivity contribution in [2.45, 2.75) is 19.9 Å². The summed E-state index contributed by atoms with van der Waals surface area (Å²) in [6.45, 7) is 7.84. The number of halogens is 3. The van der Waals surface area contributed by atoms with Crippen LogP contribution in [-0.2, 0) is 9.53 Å². The lowest BCUT2D eigenvalue weighted by atomic mass is 9.96. The number of benzene rings is 2. The van der Waals surface area contributed by atoms with Crippen LogP contribution in [0.1, 0.15) is 31.0 Å². The summed E-state index contributed by atoms with van der Waals surface area (Å²) in [6.07, 6.45) is 3.54. The Labute approximate surface area is 244 Å². The molecule has 6 nitrogen and oxygen atoms in total. The normalized spacial score (nSPS) is 15.4. The van der Waals surface area contributed by atoms with Crippen LogP contribution in [0.25, 0.3) is 6.08 Å². The molecule has 0 aliphatic carbocycles. The topological polar surface area (TPSA) is 69.9 Å². The van der Waals surface area contributed by atoms with E-state index in [2.05, 4.69) is 56.8 Å². The van der Waals surface area contributed by atoms with Gasteiger partial charge in [-0.2, -0.15) is 0 Å². The van der Waals surface area contributed by atoms with Crippen molar-refractivity contribution in [2.75, 3.05) is 13.2 Å². The molecule has 0 saturated carbocycles. The van der Waals surface area contributed by atoms with Crippen molar-refractivity contribution in [3.8, 4) is 5.75 Å². The monoisotopic (exact) mass is 746 g/mol. The van der Waals surface area contributed by atoms with Gasteiger partial charge >= 0.3 is 5.97 Å². The number of nitrogens with zero attached hydrogens (tertiary/aromatic N) is 2. The molecule has 1 aliphatic heterocycles. The highest BCUT2D eigenvalue weighted by molar-refractivity contribution is 14.1. The summed E-state index contributed by atoms with van der Waals surface area (Å²) in [4.78, 5) is 31.8. The molecule has 2 heterocycles. The van der Waals surface area contributed by atoms with Crippen LogP contribution in [0.3, 0.4) is 0 Å². The van der Waals surface area contributed by atoms with E-state index in [1.807, 2.05) is 30.3 Å². The Hall–Kier alpha value is -1.96. The summed E-state index contributed by atoms with van der Waals surface area (Å²) in [7, 11) is 0. The zero-order chi connectivity index (χ0) is 26.0. The van der Waals surface area contributed by atoms with Gasteiger partial charge in [-0.05, 0) is 100 Å². The number of carbonyl (C=O) groups excluding carboxylic acids is 1. The van der Waals surface area contributed by atoms with E-state index in [0.717, 1.165) is 24.0 Å². The van der Waals surface area contributed by atoms with Gasteiger partial charge in [-0.3, -0.25) is 9.36 Å². The van der Waals surface area contributed by atoms with E-state index in [9.17, 15) is 9.59 Å². The molecule has 36 heavy (non-hydrogen) atoms. The van der Waals surface area contributed by atoms with Gasteiger partial charge < -0.3 is 9.47 Å². The lowest BCUT2D eigenvalue weighted by Gasteiger charge is -2.24. The molecular formula is C26H21ClI2N2O4S. The summed E-state index contributed by atoms with van der Waals surface area (Å²) < 4.78 is 15.0. The minimum atomic E-state index is -0.672. The number of fused-ring (bicyclic) bond motifs is 1. The lowest BCUT2D eigenvalue weighted by molar-refractivity contribution is -0.139. The number of esters is 1. The molecule has 0 fully saturated rings. The Bertz CT molecular complexity index is 1530. The van der Waals surface area contributed by atoms with Crippen molar-refractivity contribution < 1.29 is 14.3 Å². The number of allylic oxidation sites excluding steroid dienone is 1. The highest BCUT2D eigenvalue weighted by Gasteiger charge is 2.33. The predicted octanol–water partition coefficient (Wildman–Crippen LogP) is 5.23. The second-order valence-corrected chi connectivity index (χ2v) is 11.5. The average molecular weight is 747 g/mol. The molecule has 10 heteroatoms. The molecule has 0 saturated heterocycles. The van der Waals surface area contributed by atoms with Crippen LogP contribution < -0.4 is 19.6 Å². The maximum atomic E-state index is 13.7. The largest absolute Gasteiger partial charge is 0.487 e. The van der Waals surface area contributed by atoms with E-state index in [1.54, 1.807) is 36.6 Å². The minimum absolute atomic E-state index is 0.219. The van der Waals surface area contributed by atoms with Gasteiger partial charge in [-0.1, -0.05) is 47.7 Å². The van der Waals surface area contributed by atoms with Crippen molar-refractivity contribution in [1.29, 1.82) is 0 Å². The van der Waals surface area contributed by atoms with Gasteiger partial charge in [-0.15, -0.1) is 0 Å². The van der Waals surface area contributed by atoms with E-state index in [-0.39, 0.29) is 12.2 Å². The van der Waals surface area contributed by atoms with Gasteiger partial charge in [-0.25, -0.2) is 9.79 Å². The van der Waals surface area contributed by atoms with Crippen molar-refractivity contribution >= 4 is 80.2 Å². The van der Waals surface area contributed by atoms with Gasteiger partial charge in [0.25, 0.3) is 5.56 Å². The molecular weight excluding hydrogens is 726 g/mol. The van der Waals surface area contributed by atoms with Crippen LogP contribution in [0.5, 0.6) is 5.75 Å². The van der Waals surface area contributed by atoms with Crippen LogP contribution in [0.4, 0.5) is 0 Å². The van der Waals surface area contributed by atoms with E-state index < -0.39 is 12.0 Å². The fraction of sp³-hybridized carbons (Fsp3) is 0.192. The zero-order valence-electron chi connectivity index (χ0n) is 19.4. The summed E-state index contributed by atoms with van der Waals surface area (Å²) >= 11 is 11.8. The first kappa shape index (κ1) is 27.1. The molecule has 0 radical (unpaired) electrons. The van der Waals surface area contributed by atoms with Crippen molar-refractivity contribution in [3.63, 3.8) is 0 Å². The average Bonchev–Trinajstić information content (AvgIpc) is 3.12. The molecule has 1 aliphatic rings. The fourth-order valence-electron chi connectivity index (χ4n) is 3.85. The number of carbonyl (C=O) groups is 1. The molecule has 2 aromatic carbocycles. The second-order valence-electron chi connectivity index (χ2n) is 7.77. The van der Waals surface area contributed by atoms with Gasteiger partial charge in [0.2, 0.25) is 0 Å². The third kappa shape index (κ3) is 5.48. The number of hydrogen-bond donors (Lipinski definition) is 0. The highest BCUT2D eigenvalue weighted by atomic mass is 127. The number of rotatable bonds is 7. The first-order valence-corrected chi connectivity index (χ1v) is 14.3.